The summed E-state index contributed by atoms with van der Waals surface area (Å²) in [7, 11) is 0. The Morgan fingerprint density at radius 3 is 2.39 bits per heavy atom. The quantitative estimate of drug-likeness (QED) is 0.617. The number of amides is 1. The lowest BCUT2D eigenvalue weighted by molar-refractivity contribution is -0.155. The number of pyridine rings is 1. The average molecular weight is 459 g/mol. The molecule has 2 aromatic rings. The first-order chi connectivity index (χ1) is 15.8. The van der Waals surface area contributed by atoms with E-state index in [9.17, 15) is 18.7 Å². The number of anilines is 1. The molecule has 4 N–H and O–H groups in total. The summed E-state index contributed by atoms with van der Waals surface area (Å²) in [6, 6.07) is 14.2. The van der Waals surface area contributed by atoms with E-state index in [1.54, 1.807) is 30.3 Å². The zero-order valence-corrected chi connectivity index (χ0v) is 18.7. The highest BCUT2D eigenvalue weighted by molar-refractivity contribution is 5.87. The molecule has 8 heteroatoms. The Hall–Kier alpha value is -2.58. The second-order valence-corrected chi connectivity index (χ2v) is 9.34. The van der Waals surface area contributed by atoms with Crippen LogP contribution in [0, 0.1) is 5.92 Å². The maximum Gasteiger partial charge on any atom is 0.257 e. The number of nitrogens with two attached hydrogens (primary N) is 1. The van der Waals surface area contributed by atoms with Gasteiger partial charge in [0.2, 0.25) is 5.92 Å². The number of carbonyl (C=O) groups excluding carboxylic acids is 1. The molecule has 1 saturated heterocycles. The summed E-state index contributed by atoms with van der Waals surface area (Å²) in [5, 5.41) is 14.7. The van der Waals surface area contributed by atoms with Crippen LogP contribution in [0.15, 0.2) is 48.5 Å². The first-order valence-electron chi connectivity index (χ1n) is 11.7. The number of nitrogens with one attached hydrogen (secondary N) is 1. The molecule has 2 fully saturated rings. The van der Waals surface area contributed by atoms with Gasteiger partial charge in [0.15, 0.2) is 5.60 Å². The molecule has 1 unspecified atom stereocenters. The molecule has 33 heavy (non-hydrogen) atoms. The van der Waals surface area contributed by atoms with E-state index in [2.05, 4.69) is 15.2 Å². The highest BCUT2D eigenvalue weighted by Crippen LogP contribution is 2.44. The van der Waals surface area contributed by atoms with Gasteiger partial charge in [-0.2, -0.15) is 0 Å². The number of aromatic nitrogens is 1. The second-order valence-electron chi connectivity index (χ2n) is 9.34. The van der Waals surface area contributed by atoms with Crippen LogP contribution >= 0.6 is 0 Å². The monoisotopic (exact) mass is 458 g/mol. The van der Waals surface area contributed by atoms with Crippen LogP contribution in [0.1, 0.15) is 49.8 Å². The molecule has 0 radical (unpaired) electrons. The number of benzene rings is 1. The second kappa shape index (κ2) is 9.73. The highest BCUT2D eigenvalue weighted by Gasteiger charge is 2.49. The zero-order valence-electron chi connectivity index (χ0n) is 18.7. The Kier molecular flexibility index (Phi) is 6.95. The number of halogens is 2. The summed E-state index contributed by atoms with van der Waals surface area (Å²) in [5.41, 5.74) is 5.31. The van der Waals surface area contributed by atoms with Crippen LogP contribution in [-0.2, 0) is 16.9 Å². The third-order valence-corrected chi connectivity index (χ3v) is 7.00. The van der Waals surface area contributed by atoms with Crippen molar-refractivity contribution in [1.29, 1.82) is 0 Å². The number of hydrogen-bond donors (Lipinski definition) is 3. The number of rotatable bonds is 6. The molecule has 2 aliphatic rings. The highest BCUT2D eigenvalue weighted by atomic mass is 19.3. The van der Waals surface area contributed by atoms with Crippen LogP contribution < -0.4 is 11.1 Å². The molecule has 1 atom stereocenters. The van der Waals surface area contributed by atoms with Gasteiger partial charge in [-0.15, -0.1) is 0 Å². The van der Waals surface area contributed by atoms with Crippen molar-refractivity contribution < 1.29 is 18.7 Å². The van der Waals surface area contributed by atoms with Gasteiger partial charge in [-0.1, -0.05) is 36.4 Å². The lowest BCUT2D eigenvalue weighted by atomic mass is 9.71. The normalized spacial score (nSPS) is 21.9. The number of piperidine rings is 1. The molecule has 2 heterocycles. The average Bonchev–Trinajstić information content (AvgIpc) is 2.80. The van der Waals surface area contributed by atoms with Gasteiger partial charge in [0.25, 0.3) is 5.91 Å². The van der Waals surface area contributed by atoms with Crippen molar-refractivity contribution in [1.82, 2.24) is 15.2 Å². The first kappa shape index (κ1) is 23.6. The number of carbonyl (C=O) groups is 1. The largest absolute Gasteiger partial charge is 0.384 e. The summed E-state index contributed by atoms with van der Waals surface area (Å²) in [4.78, 5) is 20.0. The summed E-state index contributed by atoms with van der Waals surface area (Å²) in [6.07, 6.45) is 1.07. The van der Waals surface area contributed by atoms with E-state index in [0.717, 1.165) is 31.6 Å². The van der Waals surface area contributed by atoms with Gasteiger partial charge < -0.3 is 16.2 Å². The van der Waals surface area contributed by atoms with Crippen LogP contribution in [0.3, 0.4) is 0 Å². The van der Waals surface area contributed by atoms with Gasteiger partial charge >= 0.3 is 0 Å². The van der Waals surface area contributed by atoms with Crippen molar-refractivity contribution in [2.75, 3.05) is 18.8 Å². The summed E-state index contributed by atoms with van der Waals surface area (Å²) in [6.45, 7) is 2.25. The molecule has 1 aliphatic heterocycles. The van der Waals surface area contributed by atoms with Crippen molar-refractivity contribution >= 4 is 11.7 Å². The standard InChI is InChI=1S/C25H32F2N4O2/c26-24(27)13-9-19(10-14-24)25(33,18-5-2-1-3-6-18)23(32)30-20-11-15-31(16-12-20)17-21-7-4-8-22(28)29-21/h1-8,19-20,33H,9-17H2,(H2,28,29)(H,30,32). The molecule has 6 nitrogen and oxygen atoms in total. The Morgan fingerprint density at radius 1 is 1.09 bits per heavy atom. The van der Waals surface area contributed by atoms with Gasteiger partial charge in [-0.05, 0) is 43.4 Å². The number of hydrogen-bond acceptors (Lipinski definition) is 5. The van der Waals surface area contributed by atoms with Crippen molar-refractivity contribution in [3.05, 3.63) is 59.8 Å². The minimum atomic E-state index is -2.73. The number of aliphatic hydroxyl groups is 1. The van der Waals surface area contributed by atoms with Gasteiger partial charge in [-0.3, -0.25) is 9.69 Å². The van der Waals surface area contributed by atoms with Crippen molar-refractivity contribution in [3.8, 4) is 0 Å². The number of nitrogens with zero attached hydrogens (tertiary/aromatic N) is 2. The van der Waals surface area contributed by atoms with E-state index in [1.807, 2.05) is 18.2 Å². The maximum absolute atomic E-state index is 13.8. The Balaban J connectivity index is 1.40. The lowest BCUT2D eigenvalue weighted by Crippen LogP contribution is -2.55. The molecular weight excluding hydrogens is 426 g/mol. The van der Waals surface area contributed by atoms with E-state index in [4.69, 9.17) is 5.73 Å². The lowest BCUT2D eigenvalue weighted by Gasteiger charge is -2.41. The summed E-state index contributed by atoms with van der Waals surface area (Å²) < 4.78 is 27.5. The summed E-state index contributed by atoms with van der Waals surface area (Å²) >= 11 is 0. The predicted octanol–water partition coefficient (Wildman–Crippen LogP) is 3.46. The Morgan fingerprint density at radius 2 is 1.76 bits per heavy atom. The van der Waals surface area contributed by atoms with Crippen molar-refractivity contribution in [2.24, 2.45) is 5.92 Å². The number of likely N-dealkylation sites (tertiary alicyclic amines) is 1. The van der Waals surface area contributed by atoms with E-state index < -0.39 is 23.3 Å². The van der Waals surface area contributed by atoms with E-state index in [0.29, 0.717) is 17.9 Å². The molecule has 0 bridgehead atoms. The van der Waals surface area contributed by atoms with Crippen LogP contribution in [0.25, 0.3) is 0 Å². The van der Waals surface area contributed by atoms with Crippen LogP contribution in [0.2, 0.25) is 0 Å². The van der Waals surface area contributed by atoms with Crippen molar-refractivity contribution in [2.45, 2.75) is 62.6 Å². The molecule has 0 spiro atoms. The van der Waals surface area contributed by atoms with E-state index in [-0.39, 0.29) is 31.7 Å². The molecule has 1 aromatic carbocycles. The molecule has 1 aliphatic carbocycles. The van der Waals surface area contributed by atoms with Gasteiger partial charge in [0.1, 0.15) is 5.82 Å². The Labute approximate surface area is 193 Å². The molecule has 1 saturated carbocycles. The molecule has 4 rings (SSSR count). The molecular formula is C25H32F2N4O2. The zero-order chi connectivity index (χ0) is 23.5. The first-order valence-corrected chi connectivity index (χ1v) is 11.7. The fourth-order valence-corrected chi connectivity index (χ4v) is 5.05. The fraction of sp³-hybridized carbons (Fsp3) is 0.520. The SMILES string of the molecule is Nc1cccc(CN2CCC(NC(=O)C(O)(c3ccccc3)C3CCC(F)(F)CC3)CC2)n1. The maximum atomic E-state index is 13.8. The predicted molar refractivity (Wildman–Crippen MR) is 122 cm³/mol. The molecule has 1 aromatic heterocycles. The Bertz CT molecular complexity index is 940. The van der Waals surface area contributed by atoms with E-state index in [1.165, 1.54) is 0 Å². The topological polar surface area (TPSA) is 91.5 Å². The minimum absolute atomic E-state index is 0.0807. The number of alkyl halides is 2. The fourth-order valence-electron chi connectivity index (χ4n) is 5.05. The van der Waals surface area contributed by atoms with Gasteiger partial charge in [-0.25, -0.2) is 13.8 Å². The molecule has 178 valence electrons. The van der Waals surface area contributed by atoms with E-state index >= 15 is 0 Å². The molecule has 1 amide bonds. The van der Waals surface area contributed by atoms with Crippen LogP contribution in [0.5, 0.6) is 0 Å². The third kappa shape index (κ3) is 5.50. The van der Waals surface area contributed by atoms with Gasteiger partial charge in [0, 0.05) is 44.4 Å². The van der Waals surface area contributed by atoms with Crippen molar-refractivity contribution in [3.63, 3.8) is 0 Å². The van der Waals surface area contributed by atoms with Crippen LogP contribution in [0.4, 0.5) is 14.6 Å². The van der Waals surface area contributed by atoms with Crippen LogP contribution in [-0.4, -0.2) is 46.0 Å². The number of nitrogen functional groups attached to an aromatic ring is 1. The summed E-state index contributed by atoms with van der Waals surface area (Å²) in [5.74, 6) is -3.26. The minimum Gasteiger partial charge on any atom is -0.384 e. The third-order valence-electron chi connectivity index (χ3n) is 7.00. The van der Waals surface area contributed by atoms with Gasteiger partial charge in [0.05, 0.1) is 5.69 Å². The smallest absolute Gasteiger partial charge is 0.257 e.